The predicted octanol–water partition coefficient (Wildman–Crippen LogP) is 4.54. The molecule has 2 aromatic rings. The van der Waals surface area contributed by atoms with Crippen LogP contribution in [-0.2, 0) is 4.79 Å². The third-order valence-electron chi connectivity index (χ3n) is 4.54. The Morgan fingerprint density at radius 3 is 2.91 bits per heavy atom. The van der Waals surface area contributed by atoms with E-state index in [0.29, 0.717) is 12.5 Å². The van der Waals surface area contributed by atoms with Gasteiger partial charge in [-0.1, -0.05) is 12.1 Å². The Morgan fingerprint density at radius 2 is 2.05 bits per heavy atom. The van der Waals surface area contributed by atoms with E-state index in [9.17, 15) is 4.79 Å². The van der Waals surface area contributed by atoms with E-state index in [1.165, 1.54) is 23.3 Å². The van der Waals surface area contributed by atoms with E-state index in [0.717, 1.165) is 24.3 Å². The molecule has 1 aromatic carbocycles. The van der Waals surface area contributed by atoms with Crippen LogP contribution in [0.3, 0.4) is 0 Å². The second-order valence-corrected chi connectivity index (χ2v) is 7.05. The van der Waals surface area contributed by atoms with Gasteiger partial charge in [-0.15, -0.1) is 11.3 Å². The first-order chi connectivity index (χ1) is 10.8. The first-order valence-corrected chi connectivity index (χ1v) is 8.81. The molecule has 0 radical (unpaired) electrons. The zero-order chi connectivity index (χ0) is 14.9. The fourth-order valence-corrected chi connectivity index (χ4v) is 4.43. The Hall–Kier alpha value is -1.81. The van der Waals surface area contributed by atoms with Crippen molar-refractivity contribution < 1.29 is 9.53 Å². The minimum absolute atomic E-state index is 0.0954. The Morgan fingerprint density at radius 1 is 1.18 bits per heavy atom. The average Bonchev–Trinajstić information content (AvgIpc) is 3.18. The molecule has 3 nitrogen and oxygen atoms in total. The van der Waals surface area contributed by atoms with Crippen LogP contribution >= 0.6 is 11.3 Å². The van der Waals surface area contributed by atoms with Crippen LogP contribution < -0.4 is 10.1 Å². The van der Waals surface area contributed by atoms with Crippen LogP contribution in [0.1, 0.15) is 48.5 Å². The molecule has 1 unspecified atom stereocenters. The Kier molecular flexibility index (Phi) is 3.62. The van der Waals surface area contributed by atoms with Gasteiger partial charge in [-0.3, -0.25) is 4.79 Å². The highest BCUT2D eigenvalue weighted by atomic mass is 32.1. The van der Waals surface area contributed by atoms with E-state index in [1.54, 1.807) is 11.3 Å². The average molecular weight is 313 g/mol. The minimum Gasteiger partial charge on any atom is -0.490 e. The summed E-state index contributed by atoms with van der Waals surface area (Å²) in [4.78, 5) is 13.2. The van der Waals surface area contributed by atoms with Crippen molar-refractivity contribution in [2.24, 2.45) is 0 Å². The van der Waals surface area contributed by atoms with Crippen LogP contribution in [-0.4, -0.2) is 12.0 Å². The van der Waals surface area contributed by atoms with E-state index >= 15 is 0 Å². The summed E-state index contributed by atoms with van der Waals surface area (Å²) in [6.07, 6.45) is 5.73. The molecule has 0 saturated heterocycles. The molecular formula is C18H19NO2S. The summed E-state index contributed by atoms with van der Waals surface area (Å²) in [6, 6.07) is 10.3. The van der Waals surface area contributed by atoms with Crippen LogP contribution in [0.5, 0.6) is 5.75 Å². The monoisotopic (exact) mass is 313 g/mol. The summed E-state index contributed by atoms with van der Waals surface area (Å²) in [7, 11) is 0. The summed E-state index contributed by atoms with van der Waals surface area (Å²) in [5.74, 6) is 1.18. The Bertz CT molecular complexity index is 688. The first kappa shape index (κ1) is 13.8. The molecule has 2 heterocycles. The molecule has 1 amide bonds. The number of fused-ring (bicyclic) bond motifs is 1. The molecule has 1 fully saturated rings. The van der Waals surface area contributed by atoms with Crippen molar-refractivity contribution in [3.05, 3.63) is 46.2 Å². The molecule has 1 aromatic heterocycles. The molecule has 1 saturated carbocycles. The van der Waals surface area contributed by atoms with Crippen LogP contribution in [0.2, 0.25) is 0 Å². The quantitative estimate of drug-likeness (QED) is 0.903. The van der Waals surface area contributed by atoms with Gasteiger partial charge in [0.05, 0.1) is 11.8 Å². The fraction of sp³-hybridized carbons (Fsp3) is 0.389. The SMILES string of the molecule is O=C1CC(c2cccc(OC3CCCC3)c2)c2sccc2N1. The van der Waals surface area contributed by atoms with Gasteiger partial charge in [0.15, 0.2) is 0 Å². The number of amides is 1. The number of benzene rings is 1. The summed E-state index contributed by atoms with van der Waals surface area (Å²) in [5, 5.41) is 5.00. The molecule has 0 spiro atoms. The largest absolute Gasteiger partial charge is 0.490 e. The maximum atomic E-state index is 11.9. The fourth-order valence-electron chi connectivity index (χ4n) is 3.45. The molecule has 22 heavy (non-hydrogen) atoms. The molecule has 114 valence electrons. The highest BCUT2D eigenvalue weighted by Crippen LogP contribution is 2.41. The van der Waals surface area contributed by atoms with Gasteiger partial charge in [0, 0.05) is 17.2 Å². The second kappa shape index (κ2) is 5.76. The number of thiophene rings is 1. The molecule has 1 N–H and O–H groups in total. The van der Waals surface area contributed by atoms with Gasteiger partial charge in [-0.05, 0) is 54.8 Å². The van der Waals surface area contributed by atoms with Crippen LogP contribution in [0.15, 0.2) is 35.7 Å². The van der Waals surface area contributed by atoms with Gasteiger partial charge in [-0.2, -0.15) is 0 Å². The highest BCUT2D eigenvalue weighted by molar-refractivity contribution is 7.10. The van der Waals surface area contributed by atoms with Crippen LogP contribution in [0.4, 0.5) is 5.69 Å². The van der Waals surface area contributed by atoms with Crippen molar-refractivity contribution in [1.82, 2.24) is 0 Å². The lowest BCUT2D eigenvalue weighted by Crippen LogP contribution is -2.22. The normalized spacial score (nSPS) is 21.5. The highest BCUT2D eigenvalue weighted by Gasteiger charge is 2.28. The standard InChI is InChI=1S/C18H19NO2S/c20-17-11-15(18-16(19-17)8-9-22-18)12-4-3-7-14(10-12)21-13-5-1-2-6-13/h3-4,7-10,13,15H,1-2,5-6,11H2,(H,19,20). The van der Waals surface area contributed by atoms with Crippen molar-refractivity contribution in [3.63, 3.8) is 0 Å². The van der Waals surface area contributed by atoms with Crippen LogP contribution in [0, 0.1) is 0 Å². The lowest BCUT2D eigenvalue weighted by molar-refractivity contribution is -0.116. The summed E-state index contributed by atoms with van der Waals surface area (Å²) in [5.41, 5.74) is 2.14. The number of carbonyl (C=O) groups is 1. The molecule has 4 rings (SSSR count). The van der Waals surface area contributed by atoms with Crippen molar-refractivity contribution in [1.29, 1.82) is 0 Å². The smallest absolute Gasteiger partial charge is 0.225 e. The lowest BCUT2D eigenvalue weighted by Gasteiger charge is -2.23. The van der Waals surface area contributed by atoms with Gasteiger partial charge in [0.2, 0.25) is 5.91 Å². The summed E-state index contributed by atoms with van der Waals surface area (Å²) in [6.45, 7) is 0. The number of nitrogens with one attached hydrogen (secondary N) is 1. The Labute approximate surface area is 134 Å². The topological polar surface area (TPSA) is 38.3 Å². The molecule has 1 aliphatic carbocycles. The number of hydrogen-bond donors (Lipinski definition) is 1. The van der Waals surface area contributed by atoms with Gasteiger partial charge < -0.3 is 10.1 Å². The Balaban J connectivity index is 1.61. The van der Waals surface area contributed by atoms with Gasteiger partial charge >= 0.3 is 0 Å². The van der Waals surface area contributed by atoms with E-state index in [-0.39, 0.29) is 11.8 Å². The number of anilines is 1. The van der Waals surface area contributed by atoms with E-state index in [4.69, 9.17) is 4.74 Å². The maximum Gasteiger partial charge on any atom is 0.225 e. The van der Waals surface area contributed by atoms with Crippen molar-refractivity contribution in [3.8, 4) is 5.75 Å². The van der Waals surface area contributed by atoms with Gasteiger partial charge in [0.25, 0.3) is 0 Å². The van der Waals surface area contributed by atoms with Crippen molar-refractivity contribution in [2.45, 2.75) is 44.1 Å². The third kappa shape index (κ3) is 2.63. The maximum absolute atomic E-state index is 11.9. The van der Waals surface area contributed by atoms with Crippen molar-refractivity contribution in [2.75, 3.05) is 5.32 Å². The summed E-state index contributed by atoms with van der Waals surface area (Å²) >= 11 is 1.71. The number of carbonyl (C=O) groups excluding carboxylic acids is 1. The minimum atomic E-state index is 0.0954. The van der Waals surface area contributed by atoms with E-state index < -0.39 is 0 Å². The van der Waals surface area contributed by atoms with Crippen LogP contribution in [0.25, 0.3) is 0 Å². The van der Waals surface area contributed by atoms with Gasteiger partial charge in [0.1, 0.15) is 5.75 Å². The van der Waals surface area contributed by atoms with Gasteiger partial charge in [-0.25, -0.2) is 0 Å². The predicted molar refractivity (Wildman–Crippen MR) is 88.7 cm³/mol. The van der Waals surface area contributed by atoms with E-state index in [1.807, 2.05) is 23.6 Å². The number of hydrogen-bond acceptors (Lipinski definition) is 3. The van der Waals surface area contributed by atoms with Crippen molar-refractivity contribution >= 4 is 22.9 Å². The molecule has 0 bridgehead atoms. The second-order valence-electron chi connectivity index (χ2n) is 6.10. The zero-order valence-corrected chi connectivity index (χ0v) is 13.2. The molecule has 1 aliphatic heterocycles. The molecule has 2 aliphatic rings. The van der Waals surface area contributed by atoms with E-state index in [2.05, 4.69) is 17.4 Å². The number of rotatable bonds is 3. The molecular weight excluding hydrogens is 294 g/mol. The first-order valence-electron chi connectivity index (χ1n) is 7.93. The third-order valence-corrected chi connectivity index (χ3v) is 5.57. The lowest BCUT2D eigenvalue weighted by atomic mass is 9.90. The molecule has 4 heteroatoms. The number of ether oxygens (including phenoxy) is 1. The summed E-state index contributed by atoms with van der Waals surface area (Å²) < 4.78 is 6.11. The molecule has 1 atom stereocenters. The zero-order valence-electron chi connectivity index (χ0n) is 12.4.